The predicted octanol–water partition coefficient (Wildman–Crippen LogP) is 6.69. The van der Waals surface area contributed by atoms with Crippen molar-refractivity contribution in [1.29, 1.82) is 0 Å². The maximum atomic E-state index is 12.6. The number of hydrogen-bond acceptors (Lipinski definition) is 5. The summed E-state index contributed by atoms with van der Waals surface area (Å²) >= 11 is 3.67. The second kappa shape index (κ2) is 12.9. The van der Waals surface area contributed by atoms with Gasteiger partial charge >= 0.3 is 0 Å². The van der Waals surface area contributed by atoms with Crippen molar-refractivity contribution in [1.82, 2.24) is 9.88 Å². The number of hydrogen-bond donors (Lipinski definition) is 1. The second-order valence-corrected chi connectivity index (χ2v) is 13.0. The first-order valence-electron chi connectivity index (χ1n) is 12.2. The number of likely N-dealkylation sites (N-methyl/N-ethyl adjacent to an activating group) is 1. The molecule has 0 saturated heterocycles. The molecule has 2 rings (SSSR count). The molecule has 0 aliphatic carbocycles. The van der Waals surface area contributed by atoms with Gasteiger partial charge in [0.25, 0.3) is 0 Å². The number of amides is 1. The molecule has 0 fully saturated rings. The zero-order valence-corrected chi connectivity index (χ0v) is 23.6. The van der Waals surface area contributed by atoms with Crippen LogP contribution in [0.5, 0.6) is 5.75 Å². The number of thioether (sulfide) groups is 2. The minimum Gasteiger partial charge on any atom is -0.507 e. The minimum absolute atomic E-state index is 0.114. The lowest BCUT2D eigenvalue weighted by Crippen LogP contribution is -2.33. The molecule has 0 unspecified atom stereocenters. The summed E-state index contributed by atoms with van der Waals surface area (Å²) in [5, 5.41) is 10.9. The van der Waals surface area contributed by atoms with Crippen LogP contribution < -0.4 is 0 Å². The number of carbonyl (C=O) groups is 1. The van der Waals surface area contributed by atoms with Gasteiger partial charge in [-0.2, -0.15) is 11.8 Å². The van der Waals surface area contributed by atoms with Gasteiger partial charge in [0.1, 0.15) is 5.75 Å². The average Bonchev–Trinajstić information content (AvgIpc) is 2.76. The van der Waals surface area contributed by atoms with Gasteiger partial charge in [-0.25, -0.2) is 0 Å². The summed E-state index contributed by atoms with van der Waals surface area (Å²) in [5.74, 6) is 3.47. The predicted molar refractivity (Wildman–Crippen MR) is 148 cm³/mol. The van der Waals surface area contributed by atoms with E-state index in [0.717, 1.165) is 53.6 Å². The van der Waals surface area contributed by atoms with Crippen LogP contribution in [-0.2, 0) is 22.0 Å². The van der Waals surface area contributed by atoms with Gasteiger partial charge in [-0.3, -0.25) is 9.78 Å². The zero-order valence-electron chi connectivity index (χ0n) is 22.0. The van der Waals surface area contributed by atoms with Crippen LogP contribution in [0.15, 0.2) is 41.4 Å². The molecule has 0 aliphatic rings. The molecular formula is C28H42N2O2S2. The molecule has 1 amide bonds. The van der Waals surface area contributed by atoms with Crippen molar-refractivity contribution >= 4 is 29.4 Å². The van der Waals surface area contributed by atoms with Gasteiger partial charge in [0.2, 0.25) is 5.91 Å². The Kier molecular flexibility index (Phi) is 10.8. The highest BCUT2D eigenvalue weighted by atomic mass is 32.2. The van der Waals surface area contributed by atoms with Gasteiger partial charge in [-0.15, -0.1) is 11.8 Å². The Morgan fingerprint density at radius 3 is 2.18 bits per heavy atom. The van der Waals surface area contributed by atoms with E-state index in [1.165, 1.54) is 4.90 Å². The zero-order chi connectivity index (χ0) is 25.4. The average molecular weight is 503 g/mol. The Morgan fingerprint density at radius 1 is 1.00 bits per heavy atom. The van der Waals surface area contributed by atoms with E-state index in [4.69, 9.17) is 0 Å². The third-order valence-corrected chi connectivity index (χ3v) is 7.98. The highest BCUT2D eigenvalue weighted by Gasteiger charge is 2.26. The van der Waals surface area contributed by atoms with Crippen molar-refractivity contribution in [3.63, 3.8) is 0 Å². The molecule has 6 heteroatoms. The van der Waals surface area contributed by atoms with Crippen molar-refractivity contribution in [2.75, 3.05) is 30.3 Å². The third-order valence-electron chi connectivity index (χ3n) is 5.75. The van der Waals surface area contributed by atoms with Gasteiger partial charge in [0.15, 0.2) is 0 Å². The Balaban J connectivity index is 1.81. The van der Waals surface area contributed by atoms with Crippen molar-refractivity contribution in [2.24, 2.45) is 0 Å². The van der Waals surface area contributed by atoms with Crippen LogP contribution >= 0.6 is 23.5 Å². The normalized spacial score (nSPS) is 12.1. The number of rotatable bonds is 11. The fourth-order valence-corrected chi connectivity index (χ4v) is 5.69. The molecule has 188 valence electrons. The summed E-state index contributed by atoms with van der Waals surface area (Å²) in [6, 6.07) is 10.2. The molecule has 0 saturated carbocycles. The van der Waals surface area contributed by atoms with E-state index >= 15 is 0 Å². The third kappa shape index (κ3) is 8.84. The molecule has 2 aromatic rings. The molecular weight excluding hydrogens is 460 g/mol. The van der Waals surface area contributed by atoms with E-state index in [2.05, 4.69) is 58.7 Å². The van der Waals surface area contributed by atoms with Crippen LogP contribution in [0.2, 0.25) is 0 Å². The Hall–Kier alpha value is -1.66. The maximum absolute atomic E-state index is 12.6. The Morgan fingerprint density at radius 2 is 1.65 bits per heavy atom. The van der Waals surface area contributed by atoms with Crippen LogP contribution in [0.3, 0.4) is 0 Å². The Labute approximate surface area is 215 Å². The number of phenolic OH excluding ortho intramolecular Hbond substituents is 1. The fraction of sp³-hybridized carbons (Fsp3) is 0.571. The van der Waals surface area contributed by atoms with Crippen LogP contribution in [0.1, 0.15) is 71.7 Å². The summed E-state index contributed by atoms with van der Waals surface area (Å²) in [7, 11) is 0. The lowest BCUT2D eigenvalue weighted by atomic mass is 9.79. The first-order valence-corrected chi connectivity index (χ1v) is 14.3. The van der Waals surface area contributed by atoms with E-state index in [0.29, 0.717) is 12.2 Å². The monoisotopic (exact) mass is 502 g/mol. The topological polar surface area (TPSA) is 53.4 Å². The van der Waals surface area contributed by atoms with Crippen LogP contribution in [0.4, 0.5) is 0 Å². The number of carbonyl (C=O) groups excluding carboxylic acids is 1. The van der Waals surface area contributed by atoms with Crippen LogP contribution in [0.25, 0.3) is 0 Å². The number of nitrogens with zero attached hydrogens (tertiary/aromatic N) is 2. The molecule has 0 aliphatic heterocycles. The van der Waals surface area contributed by atoms with E-state index in [-0.39, 0.29) is 16.7 Å². The lowest BCUT2D eigenvalue weighted by Gasteiger charge is -2.28. The molecule has 0 spiro atoms. The molecule has 0 bridgehead atoms. The number of aromatic nitrogens is 1. The molecule has 0 atom stereocenters. The molecule has 1 aromatic heterocycles. The smallest absolute Gasteiger partial charge is 0.223 e. The number of phenols is 1. The second-order valence-electron chi connectivity index (χ2n) is 10.6. The van der Waals surface area contributed by atoms with Crippen molar-refractivity contribution in [2.45, 2.75) is 77.0 Å². The first kappa shape index (κ1) is 28.6. The van der Waals surface area contributed by atoms with Crippen molar-refractivity contribution in [3.05, 3.63) is 53.3 Å². The standard InChI is InChI=1S/C28H42N2O2S2/c1-8-30(15-12-21-11-9-10-14-29-21)25(31)13-16-33-17-18-34-22-19-23(27(2,3)4)26(32)24(20-22)28(5,6)7/h9-11,14,19-20,32H,8,12-13,15-18H2,1-7H3. The van der Waals surface area contributed by atoms with Gasteiger partial charge in [0.05, 0.1) is 0 Å². The van der Waals surface area contributed by atoms with E-state index < -0.39 is 0 Å². The van der Waals surface area contributed by atoms with E-state index in [1.807, 2.05) is 53.5 Å². The first-order chi connectivity index (χ1) is 15.9. The maximum Gasteiger partial charge on any atom is 0.223 e. The van der Waals surface area contributed by atoms with Crippen LogP contribution in [-0.4, -0.2) is 51.2 Å². The van der Waals surface area contributed by atoms with E-state index in [1.54, 1.807) is 6.20 Å². The molecule has 1 heterocycles. The van der Waals surface area contributed by atoms with Crippen molar-refractivity contribution < 1.29 is 9.90 Å². The largest absolute Gasteiger partial charge is 0.507 e. The summed E-state index contributed by atoms with van der Waals surface area (Å²) in [6.45, 7) is 16.4. The fourth-order valence-electron chi connectivity index (χ4n) is 3.73. The summed E-state index contributed by atoms with van der Waals surface area (Å²) in [4.78, 5) is 20.1. The van der Waals surface area contributed by atoms with Crippen molar-refractivity contribution in [3.8, 4) is 5.75 Å². The lowest BCUT2D eigenvalue weighted by molar-refractivity contribution is -0.130. The van der Waals surface area contributed by atoms with Crippen LogP contribution in [0, 0.1) is 0 Å². The van der Waals surface area contributed by atoms with Gasteiger partial charge in [-0.1, -0.05) is 47.6 Å². The summed E-state index contributed by atoms with van der Waals surface area (Å²) < 4.78 is 0. The van der Waals surface area contributed by atoms with Gasteiger partial charge in [0, 0.05) is 71.1 Å². The summed E-state index contributed by atoms with van der Waals surface area (Å²) in [5.41, 5.74) is 2.81. The number of pyridine rings is 1. The van der Waals surface area contributed by atoms with Gasteiger partial charge < -0.3 is 10.0 Å². The molecule has 1 aromatic carbocycles. The molecule has 1 N–H and O–H groups in total. The van der Waals surface area contributed by atoms with E-state index in [9.17, 15) is 9.90 Å². The highest BCUT2D eigenvalue weighted by molar-refractivity contribution is 8.02. The quantitative estimate of drug-likeness (QED) is 0.274. The highest BCUT2D eigenvalue weighted by Crippen LogP contribution is 2.41. The molecule has 34 heavy (non-hydrogen) atoms. The SMILES string of the molecule is CCN(CCc1ccccn1)C(=O)CCSCCSc1cc(C(C)(C)C)c(O)c(C(C)(C)C)c1. The number of aromatic hydroxyl groups is 1. The summed E-state index contributed by atoms with van der Waals surface area (Å²) in [6.07, 6.45) is 3.17. The van der Waals surface area contributed by atoms with Gasteiger partial charge in [-0.05, 0) is 42.0 Å². The molecule has 4 nitrogen and oxygen atoms in total. The number of benzene rings is 1. The minimum atomic E-state index is -0.114. The Bertz CT molecular complexity index is 883. The molecule has 0 radical (unpaired) electrons.